The zero-order valence-electron chi connectivity index (χ0n) is 12.8. The fraction of sp³-hybridized carbons (Fsp3) is 0.625. The van der Waals surface area contributed by atoms with Gasteiger partial charge in [-0.25, -0.2) is 9.97 Å². The van der Waals surface area contributed by atoms with Gasteiger partial charge >= 0.3 is 0 Å². The maximum atomic E-state index is 4.36. The standard InChI is InChI=1S/C16H26N4/c1-3-15-17-9-13-19(15)11-7-5-6-8-12-20-14-10-18-16(20)4-2/h9-10,13-14H,3-8,11-12H2,1-2H3. The smallest absolute Gasteiger partial charge is 0.108 e. The summed E-state index contributed by atoms with van der Waals surface area (Å²) in [6.07, 6.45) is 15.1. The molecule has 0 spiro atoms. The van der Waals surface area contributed by atoms with Crippen LogP contribution in [0.5, 0.6) is 0 Å². The predicted octanol–water partition coefficient (Wildman–Crippen LogP) is 3.47. The molecule has 4 heteroatoms. The number of hydrogen-bond acceptors (Lipinski definition) is 2. The van der Waals surface area contributed by atoms with Crippen LogP contribution in [0.3, 0.4) is 0 Å². The average Bonchev–Trinajstić information content (AvgIpc) is 3.10. The van der Waals surface area contributed by atoms with Crippen LogP contribution < -0.4 is 0 Å². The number of nitrogens with zero attached hydrogens (tertiary/aromatic N) is 4. The predicted molar refractivity (Wildman–Crippen MR) is 81.7 cm³/mol. The van der Waals surface area contributed by atoms with Gasteiger partial charge in [-0.05, 0) is 12.8 Å². The van der Waals surface area contributed by atoms with Crippen LogP contribution in [-0.2, 0) is 25.9 Å². The van der Waals surface area contributed by atoms with Crippen molar-refractivity contribution in [1.82, 2.24) is 19.1 Å². The highest BCUT2D eigenvalue weighted by Gasteiger charge is 2.01. The molecule has 4 nitrogen and oxygen atoms in total. The quantitative estimate of drug-likeness (QED) is 0.656. The van der Waals surface area contributed by atoms with Crippen molar-refractivity contribution < 1.29 is 0 Å². The summed E-state index contributed by atoms with van der Waals surface area (Å²) < 4.78 is 4.57. The van der Waals surface area contributed by atoms with Crippen molar-refractivity contribution in [1.29, 1.82) is 0 Å². The number of imidazole rings is 2. The first-order chi connectivity index (χ1) is 9.85. The second-order valence-corrected chi connectivity index (χ2v) is 5.20. The average molecular weight is 274 g/mol. The molecule has 0 fully saturated rings. The molecule has 0 aliphatic heterocycles. The van der Waals surface area contributed by atoms with E-state index < -0.39 is 0 Å². The van der Waals surface area contributed by atoms with Gasteiger partial charge in [0.1, 0.15) is 11.6 Å². The maximum absolute atomic E-state index is 4.36. The largest absolute Gasteiger partial charge is 0.335 e. The molecule has 0 amide bonds. The lowest BCUT2D eigenvalue weighted by Crippen LogP contribution is -2.03. The summed E-state index contributed by atoms with van der Waals surface area (Å²) >= 11 is 0. The van der Waals surface area contributed by atoms with Crippen molar-refractivity contribution in [3.8, 4) is 0 Å². The fourth-order valence-electron chi connectivity index (χ4n) is 2.63. The molecule has 110 valence electrons. The van der Waals surface area contributed by atoms with Crippen molar-refractivity contribution in [3.05, 3.63) is 36.4 Å². The van der Waals surface area contributed by atoms with Gasteiger partial charge < -0.3 is 9.13 Å². The highest BCUT2D eigenvalue weighted by molar-refractivity contribution is 4.92. The Morgan fingerprint density at radius 3 is 1.60 bits per heavy atom. The van der Waals surface area contributed by atoms with E-state index in [1.54, 1.807) is 0 Å². The molecule has 0 N–H and O–H groups in total. The molecule has 0 radical (unpaired) electrons. The molecular formula is C16H26N4. The molecular weight excluding hydrogens is 248 g/mol. The molecule has 20 heavy (non-hydrogen) atoms. The minimum atomic E-state index is 1.02. The Bertz CT molecular complexity index is 452. The Morgan fingerprint density at radius 2 is 1.20 bits per heavy atom. The molecule has 0 aliphatic carbocycles. The Labute approximate surface area is 121 Å². The summed E-state index contributed by atoms with van der Waals surface area (Å²) in [5, 5.41) is 0. The molecule has 0 atom stereocenters. The lowest BCUT2D eigenvalue weighted by atomic mass is 10.2. The lowest BCUT2D eigenvalue weighted by Gasteiger charge is -2.08. The summed E-state index contributed by atoms with van der Waals surface area (Å²) in [6.45, 7) is 6.54. The number of hydrogen-bond donors (Lipinski definition) is 0. The number of rotatable bonds is 9. The van der Waals surface area contributed by atoms with Crippen LogP contribution >= 0.6 is 0 Å². The van der Waals surface area contributed by atoms with E-state index in [2.05, 4.69) is 45.3 Å². The molecule has 0 bridgehead atoms. The highest BCUT2D eigenvalue weighted by Crippen LogP contribution is 2.08. The van der Waals surface area contributed by atoms with E-state index in [1.807, 2.05) is 12.4 Å². The van der Waals surface area contributed by atoms with E-state index in [1.165, 1.54) is 37.3 Å². The third-order valence-corrected chi connectivity index (χ3v) is 3.78. The van der Waals surface area contributed by atoms with Gasteiger partial charge in [-0.2, -0.15) is 0 Å². The topological polar surface area (TPSA) is 35.6 Å². The Morgan fingerprint density at radius 1 is 0.750 bits per heavy atom. The number of aryl methyl sites for hydroxylation is 4. The van der Waals surface area contributed by atoms with Gasteiger partial charge in [0.15, 0.2) is 0 Å². The first-order valence-corrected chi connectivity index (χ1v) is 7.85. The molecule has 0 aliphatic rings. The van der Waals surface area contributed by atoms with Crippen LogP contribution in [-0.4, -0.2) is 19.1 Å². The molecule has 2 aromatic rings. The lowest BCUT2D eigenvalue weighted by molar-refractivity contribution is 0.525. The van der Waals surface area contributed by atoms with E-state index in [9.17, 15) is 0 Å². The monoisotopic (exact) mass is 274 g/mol. The normalized spacial score (nSPS) is 11.1. The molecule has 0 saturated carbocycles. The minimum absolute atomic E-state index is 1.02. The first-order valence-electron chi connectivity index (χ1n) is 7.85. The summed E-state index contributed by atoms with van der Waals surface area (Å²) in [6, 6.07) is 0. The molecule has 0 saturated heterocycles. The van der Waals surface area contributed by atoms with Crippen LogP contribution in [0.15, 0.2) is 24.8 Å². The summed E-state index contributed by atoms with van der Waals surface area (Å²) in [5.74, 6) is 2.41. The Balaban J connectivity index is 1.60. The van der Waals surface area contributed by atoms with Gasteiger partial charge in [-0.15, -0.1) is 0 Å². The molecule has 2 aromatic heterocycles. The van der Waals surface area contributed by atoms with Crippen LogP contribution in [0.2, 0.25) is 0 Å². The number of unbranched alkanes of at least 4 members (excludes halogenated alkanes) is 3. The van der Waals surface area contributed by atoms with E-state index in [4.69, 9.17) is 0 Å². The van der Waals surface area contributed by atoms with E-state index in [-0.39, 0.29) is 0 Å². The fourth-order valence-corrected chi connectivity index (χ4v) is 2.63. The zero-order valence-corrected chi connectivity index (χ0v) is 12.8. The van der Waals surface area contributed by atoms with Crippen LogP contribution in [0, 0.1) is 0 Å². The third-order valence-electron chi connectivity index (χ3n) is 3.78. The highest BCUT2D eigenvalue weighted by atomic mass is 15.1. The Hall–Kier alpha value is -1.58. The van der Waals surface area contributed by atoms with Crippen molar-refractivity contribution in [2.45, 2.75) is 65.5 Å². The number of aromatic nitrogens is 4. The third kappa shape index (κ3) is 3.95. The first kappa shape index (κ1) is 14.8. The van der Waals surface area contributed by atoms with Gasteiger partial charge in [0.2, 0.25) is 0 Å². The summed E-state index contributed by atoms with van der Waals surface area (Å²) in [5.41, 5.74) is 0. The minimum Gasteiger partial charge on any atom is -0.335 e. The summed E-state index contributed by atoms with van der Waals surface area (Å²) in [4.78, 5) is 8.71. The van der Waals surface area contributed by atoms with Crippen molar-refractivity contribution >= 4 is 0 Å². The van der Waals surface area contributed by atoms with Gasteiger partial charge in [0, 0.05) is 50.7 Å². The van der Waals surface area contributed by atoms with Crippen LogP contribution in [0.1, 0.15) is 51.2 Å². The molecule has 2 rings (SSSR count). The molecule has 0 unspecified atom stereocenters. The van der Waals surface area contributed by atoms with Gasteiger partial charge in [-0.3, -0.25) is 0 Å². The second kappa shape index (κ2) is 7.88. The molecule has 2 heterocycles. The van der Waals surface area contributed by atoms with Gasteiger partial charge in [0.25, 0.3) is 0 Å². The molecule has 0 aromatic carbocycles. The SMILES string of the molecule is CCc1nccn1CCCCCCn1ccnc1CC. The van der Waals surface area contributed by atoms with Crippen molar-refractivity contribution in [2.75, 3.05) is 0 Å². The van der Waals surface area contributed by atoms with Crippen LogP contribution in [0.25, 0.3) is 0 Å². The zero-order chi connectivity index (χ0) is 14.2. The van der Waals surface area contributed by atoms with E-state index in [0.29, 0.717) is 0 Å². The van der Waals surface area contributed by atoms with Crippen LogP contribution in [0.4, 0.5) is 0 Å². The maximum Gasteiger partial charge on any atom is 0.108 e. The van der Waals surface area contributed by atoms with E-state index >= 15 is 0 Å². The second-order valence-electron chi connectivity index (χ2n) is 5.20. The van der Waals surface area contributed by atoms with Gasteiger partial charge in [-0.1, -0.05) is 26.7 Å². The van der Waals surface area contributed by atoms with Crippen molar-refractivity contribution in [3.63, 3.8) is 0 Å². The van der Waals surface area contributed by atoms with E-state index in [0.717, 1.165) is 25.9 Å². The van der Waals surface area contributed by atoms with Gasteiger partial charge in [0.05, 0.1) is 0 Å². The Kier molecular flexibility index (Phi) is 5.84. The summed E-state index contributed by atoms with van der Waals surface area (Å²) in [7, 11) is 0. The van der Waals surface area contributed by atoms with Crippen molar-refractivity contribution in [2.24, 2.45) is 0 Å².